The Labute approximate surface area is 123 Å². The van der Waals surface area contributed by atoms with Crippen molar-refractivity contribution in [1.82, 2.24) is 24.8 Å². The van der Waals surface area contributed by atoms with Crippen LogP contribution in [0.1, 0.15) is 0 Å². The van der Waals surface area contributed by atoms with Crippen LogP contribution in [-0.4, -0.2) is 52.0 Å². The SMILES string of the molecule is CN(C)CCNc1ncc(-c2cnc3[nH]ccc3c2)cn1. The fraction of sp³-hybridized carbons (Fsp3) is 0.267. The highest BCUT2D eigenvalue weighted by Crippen LogP contribution is 2.21. The van der Waals surface area contributed by atoms with E-state index in [-0.39, 0.29) is 0 Å². The lowest BCUT2D eigenvalue weighted by Gasteiger charge is -2.10. The van der Waals surface area contributed by atoms with Crippen LogP contribution in [0.5, 0.6) is 0 Å². The van der Waals surface area contributed by atoms with Crippen molar-refractivity contribution in [3.8, 4) is 11.1 Å². The predicted molar refractivity (Wildman–Crippen MR) is 84.2 cm³/mol. The highest BCUT2D eigenvalue weighted by atomic mass is 15.1. The van der Waals surface area contributed by atoms with Crippen molar-refractivity contribution in [1.29, 1.82) is 0 Å². The van der Waals surface area contributed by atoms with Gasteiger partial charge >= 0.3 is 0 Å². The first-order chi connectivity index (χ1) is 10.2. The van der Waals surface area contributed by atoms with Crippen LogP contribution in [0.4, 0.5) is 5.95 Å². The first-order valence-corrected chi connectivity index (χ1v) is 6.86. The number of nitrogens with one attached hydrogen (secondary N) is 2. The Kier molecular flexibility index (Phi) is 3.79. The number of H-pyrrole nitrogens is 1. The van der Waals surface area contributed by atoms with Crippen molar-refractivity contribution in [3.63, 3.8) is 0 Å². The Balaban J connectivity index is 1.73. The van der Waals surface area contributed by atoms with Crippen LogP contribution in [0.15, 0.2) is 36.9 Å². The molecular weight excluding hydrogens is 264 g/mol. The van der Waals surface area contributed by atoms with Gasteiger partial charge in [-0.3, -0.25) is 0 Å². The van der Waals surface area contributed by atoms with E-state index in [4.69, 9.17) is 0 Å². The van der Waals surface area contributed by atoms with Crippen molar-refractivity contribution >= 4 is 17.0 Å². The molecule has 0 saturated carbocycles. The zero-order chi connectivity index (χ0) is 14.7. The van der Waals surface area contributed by atoms with Crippen LogP contribution in [-0.2, 0) is 0 Å². The largest absolute Gasteiger partial charge is 0.353 e. The molecule has 6 heteroatoms. The molecule has 0 aliphatic rings. The smallest absolute Gasteiger partial charge is 0.222 e. The molecule has 0 aliphatic heterocycles. The first-order valence-electron chi connectivity index (χ1n) is 6.86. The van der Waals surface area contributed by atoms with Gasteiger partial charge in [-0.15, -0.1) is 0 Å². The maximum atomic E-state index is 4.38. The van der Waals surface area contributed by atoms with Gasteiger partial charge in [0, 0.05) is 54.4 Å². The molecule has 0 bridgehead atoms. The van der Waals surface area contributed by atoms with E-state index in [1.165, 1.54) is 0 Å². The van der Waals surface area contributed by atoms with Gasteiger partial charge in [0.2, 0.25) is 5.95 Å². The molecule has 0 aromatic carbocycles. The number of anilines is 1. The zero-order valence-corrected chi connectivity index (χ0v) is 12.2. The molecule has 3 rings (SSSR count). The summed E-state index contributed by atoms with van der Waals surface area (Å²) in [7, 11) is 4.07. The van der Waals surface area contributed by atoms with Crippen LogP contribution in [0, 0.1) is 0 Å². The number of aromatic amines is 1. The number of likely N-dealkylation sites (N-methyl/N-ethyl adjacent to an activating group) is 1. The molecule has 3 heterocycles. The van der Waals surface area contributed by atoms with Crippen LogP contribution in [0.3, 0.4) is 0 Å². The Morgan fingerprint density at radius 1 is 1.10 bits per heavy atom. The van der Waals surface area contributed by atoms with E-state index in [1.807, 2.05) is 44.9 Å². The van der Waals surface area contributed by atoms with Crippen molar-refractivity contribution in [2.75, 3.05) is 32.5 Å². The molecule has 0 spiro atoms. The fourth-order valence-corrected chi connectivity index (χ4v) is 2.06. The van der Waals surface area contributed by atoms with Crippen molar-refractivity contribution < 1.29 is 0 Å². The summed E-state index contributed by atoms with van der Waals surface area (Å²) < 4.78 is 0. The standard InChI is InChI=1S/C15H18N6/c1-21(2)6-5-17-15-19-9-13(10-20-15)12-7-11-3-4-16-14(11)18-8-12/h3-4,7-10H,5-6H2,1-2H3,(H,16,18)(H,17,19,20). The lowest BCUT2D eigenvalue weighted by molar-refractivity contribution is 0.425. The lowest BCUT2D eigenvalue weighted by atomic mass is 10.1. The number of hydrogen-bond donors (Lipinski definition) is 2. The number of rotatable bonds is 5. The summed E-state index contributed by atoms with van der Waals surface area (Å²) in [5.41, 5.74) is 2.87. The molecule has 0 radical (unpaired) electrons. The van der Waals surface area contributed by atoms with E-state index < -0.39 is 0 Å². The van der Waals surface area contributed by atoms with Gasteiger partial charge in [0.05, 0.1) is 0 Å². The van der Waals surface area contributed by atoms with Crippen molar-refractivity contribution in [2.24, 2.45) is 0 Å². The van der Waals surface area contributed by atoms with E-state index >= 15 is 0 Å². The van der Waals surface area contributed by atoms with Gasteiger partial charge < -0.3 is 15.2 Å². The third-order valence-corrected chi connectivity index (χ3v) is 3.23. The van der Waals surface area contributed by atoms with Gasteiger partial charge in [0.1, 0.15) is 5.65 Å². The molecule has 21 heavy (non-hydrogen) atoms. The van der Waals surface area contributed by atoms with E-state index in [2.05, 4.69) is 36.2 Å². The Bertz CT molecular complexity index is 716. The van der Waals surface area contributed by atoms with Gasteiger partial charge in [-0.1, -0.05) is 0 Å². The number of aromatic nitrogens is 4. The molecule has 0 atom stereocenters. The maximum Gasteiger partial charge on any atom is 0.222 e. The summed E-state index contributed by atoms with van der Waals surface area (Å²) in [5.74, 6) is 0.649. The van der Waals surface area contributed by atoms with Gasteiger partial charge in [-0.25, -0.2) is 15.0 Å². The van der Waals surface area contributed by atoms with Crippen molar-refractivity contribution in [2.45, 2.75) is 0 Å². The molecular formula is C15H18N6. The minimum Gasteiger partial charge on any atom is -0.353 e. The highest BCUT2D eigenvalue weighted by molar-refractivity contribution is 5.80. The number of nitrogens with zero attached hydrogens (tertiary/aromatic N) is 4. The number of pyridine rings is 1. The quantitative estimate of drug-likeness (QED) is 0.749. The number of hydrogen-bond acceptors (Lipinski definition) is 5. The molecule has 3 aromatic rings. The molecule has 0 amide bonds. The molecule has 3 aromatic heterocycles. The summed E-state index contributed by atoms with van der Waals surface area (Å²) in [6.07, 6.45) is 7.35. The topological polar surface area (TPSA) is 69.7 Å². The third kappa shape index (κ3) is 3.17. The Hall–Kier alpha value is -2.47. The van der Waals surface area contributed by atoms with Crippen molar-refractivity contribution in [3.05, 3.63) is 36.9 Å². The molecule has 0 saturated heterocycles. The molecule has 6 nitrogen and oxygen atoms in total. The van der Waals surface area contributed by atoms with Crippen LogP contribution >= 0.6 is 0 Å². The lowest BCUT2D eigenvalue weighted by Crippen LogP contribution is -2.21. The van der Waals surface area contributed by atoms with Gasteiger partial charge in [-0.2, -0.15) is 0 Å². The van der Waals surface area contributed by atoms with E-state index in [0.717, 1.165) is 35.2 Å². The summed E-state index contributed by atoms with van der Waals surface area (Å²) in [4.78, 5) is 18.3. The Morgan fingerprint density at radius 2 is 1.86 bits per heavy atom. The molecule has 0 fully saturated rings. The summed E-state index contributed by atoms with van der Waals surface area (Å²) >= 11 is 0. The second-order valence-electron chi connectivity index (χ2n) is 5.16. The minimum absolute atomic E-state index is 0.649. The normalized spacial score (nSPS) is 11.2. The van der Waals surface area contributed by atoms with E-state index in [1.54, 1.807) is 0 Å². The molecule has 0 aliphatic carbocycles. The van der Waals surface area contributed by atoms with Crippen LogP contribution in [0.25, 0.3) is 22.2 Å². The number of fused-ring (bicyclic) bond motifs is 1. The fourth-order valence-electron chi connectivity index (χ4n) is 2.06. The predicted octanol–water partition coefficient (Wildman–Crippen LogP) is 1.99. The van der Waals surface area contributed by atoms with Gasteiger partial charge in [0.25, 0.3) is 0 Å². The second kappa shape index (κ2) is 5.88. The van der Waals surface area contributed by atoms with Crippen LogP contribution < -0.4 is 5.32 Å². The van der Waals surface area contributed by atoms with E-state index in [0.29, 0.717) is 5.95 Å². The zero-order valence-electron chi connectivity index (χ0n) is 12.2. The monoisotopic (exact) mass is 282 g/mol. The molecule has 0 unspecified atom stereocenters. The summed E-state index contributed by atoms with van der Waals surface area (Å²) in [5, 5.41) is 4.28. The highest BCUT2D eigenvalue weighted by Gasteiger charge is 2.03. The summed E-state index contributed by atoms with van der Waals surface area (Å²) in [6, 6.07) is 4.08. The first kappa shape index (κ1) is 13.5. The molecule has 108 valence electrons. The third-order valence-electron chi connectivity index (χ3n) is 3.23. The van der Waals surface area contributed by atoms with Gasteiger partial charge in [-0.05, 0) is 26.2 Å². The molecule has 2 N–H and O–H groups in total. The maximum absolute atomic E-state index is 4.38. The van der Waals surface area contributed by atoms with Crippen LogP contribution in [0.2, 0.25) is 0 Å². The second-order valence-corrected chi connectivity index (χ2v) is 5.16. The van der Waals surface area contributed by atoms with E-state index in [9.17, 15) is 0 Å². The summed E-state index contributed by atoms with van der Waals surface area (Å²) in [6.45, 7) is 1.77. The minimum atomic E-state index is 0.649. The average Bonchev–Trinajstić information content (AvgIpc) is 2.95. The average molecular weight is 282 g/mol. The van der Waals surface area contributed by atoms with Gasteiger partial charge in [0.15, 0.2) is 0 Å². The Morgan fingerprint density at radius 3 is 2.62 bits per heavy atom.